The zero-order valence-electron chi connectivity index (χ0n) is 9.56. The molecule has 3 rings (SSSR count). The second-order valence-corrected chi connectivity index (χ2v) is 3.70. The van der Waals surface area contributed by atoms with Crippen LogP contribution in [0.2, 0.25) is 0 Å². The van der Waals surface area contributed by atoms with Gasteiger partial charge >= 0.3 is 0 Å². The molecule has 0 spiro atoms. The molecule has 0 radical (unpaired) electrons. The van der Waals surface area contributed by atoms with E-state index in [9.17, 15) is 0 Å². The van der Waals surface area contributed by atoms with Gasteiger partial charge in [-0.25, -0.2) is 19.9 Å². The van der Waals surface area contributed by atoms with Crippen LogP contribution >= 0.6 is 0 Å². The van der Waals surface area contributed by atoms with Crippen molar-refractivity contribution in [3.05, 3.63) is 61.1 Å². The van der Waals surface area contributed by atoms with Gasteiger partial charge in [-0.2, -0.15) is 0 Å². The van der Waals surface area contributed by atoms with E-state index in [1.807, 2.05) is 36.4 Å². The van der Waals surface area contributed by atoms with Gasteiger partial charge in [-0.3, -0.25) is 0 Å². The Hall–Kier alpha value is -2.62. The van der Waals surface area contributed by atoms with Crippen LogP contribution < -0.4 is 0 Å². The number of benzene rings is 1. The minimum absolute atomic E-state index is 0.537. The second-order valence-electron chi connectivity index (χ2n) is 3.70. The summed E-state index contributed by atoms with van der Waals surface area (Å²) in [7, 11) is 0. The van der Waals surface area contributed by atoms with Crippen molar-refractivity contribution >= 4 is 0 Å². The first kappa shape index (κ1) is 10.5. The summed E-state index contributed by atoms with van der Waals surface area (Å²) in [5.41, 5.74) is 1.92. The third kappa shape index (κ3) is 2.08. The molecule has 0 saturated heterocycles. The fourth-order valence-corrected chi connectivity index (χ4v) is 1.65. The number of aromatic nitrogens is 4. The molecule has 0 atom stereocenters. The number of hydrogen-bond acceptors (Lipinski definition) is 4. The maximum absolute atomic E-state index is 4.48. The van der Waals surface area contributed by atoms with Crippen molar-refractivity contribution in [3.63, 3.8) is 0 Å². The third-order valence-corrected chi connectivity index (χ3v) is 2.49. The lowest BCUT2D eigenvalue weighted by atomic mass is 10.1. The van der Waals surface area contributed by atoms with Gasteiger partial charge < -0.3 is 0 Å². The van der Waals surface area contributed by atoms with Crippen LogP contribution in [0.1, 0.15) is 0 Å². The van der Waals surface area contributed by atoms with E-state index in [0.717, 1.165) is 11.3 Å². The van der Waals surface area contributed by atoms with Crippen LogP contribution in [0.4, 0.5) is 0 Å². The van der Waals surface area contributed by atoms with Crippen LogP contribution in [-0.2, 0) is 0 Å². The van der Waals surface area contributed by atoms with E-state index in [4.69, 9.17) is 0 Å². The Morgan fingerprint density at radius 2 is 1.33 bits per heavy atom. The summed E-state index contributed by atoms with van der Waals surface area (Å²) in [5.74, 6) is 1.08. The first-order valence-electron chi connectivity index (χ1n) is 5.59. The van der Waals surface area contributed by atoms with Crippen LogP contribution in [0.15, 0.2) is 61.1 Å². The van der Waals surface area contributed by atoms with E-state index in [1.54, 1.807) is 24.7 Å². The van der Waals surface area contributed by atoms with Crippen molar-refractivity contribution in [2.45, 2.75) is 0 Å². The molecule has 86 valence electrons. The van der Waals surface area contributed by atoms with Gasteiger partial charge in [0.2, 0.25) is 0 Å². The van der Waals surface area contributed by atoms with Crippen molar-refractivity contribution in [3.8, 4) is 22.9 Å². The minimum Gasteiger partial charge on any atom is -0.234 e. The zero-order chi connectivity index (χ0) is 12.2. The summed E-state index contributed by atoms with van der Waals surface area (Å²) in [4.78, 5) is 17.0. The quantitative estimate of drug-likeness (QED) is 0.684. The molecule has 4 nitrogen and oxygen atoms in total. The fourth-order valence-electron chi connectivity index (χ4n) is 1.65. The molecule has 18 heavy (non-hydrogen) atoms. The first-order chi connectivity index (χ1) is 8.93. The van der Waals surface area contributed by atoms with Crippen LogP contribution in [0.5, 0.6) is 0 Å². The molecule has 1 aromatic carbocycles. The Morgan fingerprint density at radius 1 is 0.611 bits per heavy atom. The topological polar surface area (TPSA) is 51.6 Å². The summed E-state index contributed by atoms with van der Waals surface area (Å²) < 4.78 is 0. The van der Waals surface area contributed by atoms with E-state index in [1.165, 1.54) is 0 Å². The van der Waals surface area contributed by atoms with Crippen molar-refractivity contribution < 1.29 is 0 Å². The Morgan fingerprint density at radius 3 is 2.11 bits per heavy atom. The van der Waals surface area contributed by atoms with E-state index >= 15 is 0 Å². The molecule has 0 unspecified atom stereocenters. The normalized spacial score (nSPS) is 10.2. The highest BCUT2D eigenvalue weighted by Crippen LogP contribution is 2.17. The van der Waals surface area contributed by atoms with E-state index in [-0.39, 0.29) is 0 Å². The molecule has 0 bridgehead atoms. The Balaban J connectivity index is 2.05. The predicted octanol–water partition coefficient (Wildman–Crippen LogP) is 2.60. The van der Waals surface area contributed by atoms with Crippen molar-refractivity contribution in [1.29, 1.82) is 0 Å². The minimum atomic E-state index is 0.537. The largest absolute Gasteiger partial charge is 0.234 e. The van der Waals surface area contributed by atoms with Crippen LogP contribution in [0.3, 0.4) is 0 Å². The molecule has 3 aromatic rings. The van der Waals surface area contributed by atoms with Gasteiger partial charge in [0.05, 0.1) is 5.69 Å². The Bertz CT molecular complexity index is 583. The van der Waals surface area contributed by atoms with Gasteiger partial charge in [0, 0.05) is 24.2 Å². The molecule has 0 aliphatic heterocycles. The highest BCUT2D eigenvalue weighted by molar-refractivity contribution is 5.60. The first-order valence-corrected chi connectivity index (χ1v) is 5.59. The SMILES string of the molecule is c1ccc(-c2ccnc(-c3ncccn3)n2)cc1. The third-order valence-electron chi connectivity index (χ3n) is 2.49. The van der Waals surface area contributed by atoms with Gasteiger partial charge in [0.1, 0.15) is 0 Å². The number of nitrogens with zero attached hydrogens (tertiary/aromatic N) is 4. The smallest absolute Gasteiger partial charge is 0.198 e. The maximum Gasteiger partial charge on any atom is 0.198 e. The zero-order valence-corrected chi connectivity index (χ0v) is 9.56. The number of hydrogen-bond donors (Lipinski definition) is 0. The summed E-state index contributed by atoms with van der Waals surface area (Å²) in [6.45, 7) is 0. The summed E-state index contributed by atoms with van der Waals surface area (Å²) in [5, 5.41) is 0. The second kappa shape index (κ2) is 4.71. The Kier molecular flexibility index (Phi) is 2.75. The highest BCUT2D eigenvalue weighted by atomic mass is 15.0. The van der Waals surface area contributed by atoms with Crippen LogP contribution in [-0.4, -0.2) is 19.9 Å². The monoisotopic (exact) mass is 234 g/mol. The lowest BCUT2D eigenvalue weighted by Crippen LogP contribution is -1.95. The number of rotatable bonds is 2. The Labute approximate surface area is 104 Å². The predicted molar refractivity (Wildman–Crippen MR) is 68.5 cm³/mol. The van der Waals surface area contributed by atoms with Gasteiger partial charge in [0.25, 0.3) is 0 Å². The average Bonchev–Trinajstić information content (AvgIpc) is 2.49. The van der Waals surface area contributed by atoms with Crippen LogP contribution in [0, 0.1) is 0 Å². The molecule has 0 fully saturated rings. The molecule has 0 aliphatic rings. The van der Waals surface area contributed by atoms with Crippen LogP contribution in [0.25, 0.3) is 22.9 Å². The lowest BCUT2D eigenvalue weighted by molar-refractivity contribution is 1.08. The average molecular weight is 234 g/mol. The van der Waals surface area contributed by atoms with E-state index < -0.39 is 0 Å². The lowest BCUT2D eigenvalue weighted by Gasteiger charge is -2.02. The van der Waals surface area contributed by atoms with Gasteiger partial charge in [-0.15, -0.1) is 0 Å². The maximum atomic E-state index is 4.48. The van der Waals surface area contributed by atoms with Gasteiger partial charge in [-0.1, -0.05) is 30.3 Å². The summed E-state index contributed by atoms with van der Waals surface area (Å²) in [6.07, 6.45) is 5.09. The van der Waals surface area contributed by atoms with E-state index in [0.29, 0.717) is 11.6 Å². The molecule has 0 saturated carbocycles. The summed E-state index contributed by atoms with van der Waals surface area (Å²) in [6, 6.07) is 13.6. The van der Waals surface area contributed by atoms with Crippen molar-refractivity contribution in [2.24, 2.45) is 0 Å². The fraction of sp³-hybridized carbons (Fsp3) is 0. The molecule has 2 heterocycles. The molecular weight excluding hydrogens is 224 g/mol. The molecular formula is C14H10N4. The highest BCUT2D eigenvalue weighted by Gasteiger charge is 2.05. The standard InChI is InChI=1S/C14H10N4/c1-2-5-11(6-3-1)12-7-10-17-14(18-12)13-15-8-4-9-16-13/h1-10H. The molecule has 0 aliphatic carbocycles. The van der Waals surface area contributed by atoms with Gasteiger partial charge in [-0.05, 0) is 12.1 Å². The molecule has 0 amide bonds. The molecule has 0 N–H and O–H groups in total. The van der Waals surface area contributed by atoms with Gasteiger partial charge in [0.15, 0.2) is 11.6 Å². The summed E-state index contributed by atoms with van der Waals surface area (Å²) >= 11 is 0. The molecule has 4 heteroatoms. The van der Waals surface area contributed by atoms with E-state index in [2.05, 4.69) is 19.9 Å². The van der Waals surface area contributed by atoms with Crippen molar-refractivity contribution in [1.82, 2.24) is 19.9 Å². The molecule has 2 aromatic heterocycles. The van der Waals surface area contributed by atoms with Crippen molar-refractivity contribution in [2.75, 3.05) is 0 Å².